The van der Waals surface area contributed by atoms with Crippen molar-refractivity contribution in [2.24, 2.45) is 11.8 Å². The first kappa shape index (κ1) is 15.0. The highest BCUT2D eigenvalue weighted by atomic mass is 31.8. The van der Waals surface area contributed by atoms with Crippen molar-refractivity contribution in [3.05, 3.63) is 30.3 Å². The van der Waals surface area contributed by atoms with Crippen LogP contribution in [-0.4, -0.2) is 30.8 Å². The van der Waals surface area contributed by atoms with Crippen LogP contribution in [0.4, 0.5) is 0 Å². The first-order valence-corrected chi connectivity index (χ1v) is 13.6. The molecular formula is C18H30P2. The summed E-state index contributed by atoms with van der Waals surface area (Å²) >= 11 is 0. The van der Waals surface area contributed by atoms with E-state index in [1.807, 2.05) is 0 Å². The molecular weight excluding hydrogens is 278 g/mol. The molecule has 0 spiro atoms. The summed E-state index contributed by atoms with van der Waals surface area (Å²) in [5.74, 6) is 1.97. The summed E-state index contributed by atoms with van der Waals surface area (Å²) in [6.45, 7) is 5.98. The Bertz CT molecular complexity index is 544. The molecule has 20 heavy (non-hydrogen) atoms. The van der Waals surface area contributed by atoms with Gasteiger partial charge in [0.15, 0.2) is 0 Å². The maximum absolute atomic E-state index is 2.53. The highest BCUT2D eigenvalue weighted by molar-refractivity contribution is 8.23. The monoisotopic (exact) mass is 308 g/mol. The molecule has 0 radical (unpaired) electrons. The lowest BCUT2D eigenvalue weighted by atomic mass is 10.2. The first-order valence-electron chi connectivity index (χ1n) is 8.41. The van der Waals surface area contributed by atoms with Gasteiger partial charge in [0.05, 0.1) is 0 Å². The number of benzene rings is 1. The second kappa shape index (κ2) is 5.70. The Morgan fingerprint density at radius 1 is 0.950 bits per heavy atom. The molecule has 4 atom stereocenters. The molecule has 4 unspecified atom stereocenters. The largest absolute Gasteiger partial charge is 0.103 e. The Balaban J connectivity index is 2.26. The van der Waals surface area contributed by atoms with Crippen LogP contribution in [0.25, 0.3) is 0 Å². The van der Waals surface area contributed by atoms with Crippen LogP contribution < -0.4 is 5.30 Å². The van der Waals surface area contributed by atoms with Gasteiger partial charge in [-0.05, 0) is 60.8 Å². The molecule has 112 valence electrons. The summed E-state index contributed by atoms with van der Waals surface area (Å²) in [4.78, 5) is 0. The topological polar surface area (TPSA) is 0 Å². The smallest absolute Gasteiger partial charge is 0.0243 e. The van der Waals surface area contributed by atoms with Crippen molar-refractivity contribution in [3.8, 4) is 0 Å². The Morgan fingerprint density at radius 3 is 2.10 bits per heavy atom. The molecule has 1 aromatic carbocycles. The van der Waals surface area contributed by atoms with Crippen LogP contribution in [0.3, 0.4) is 0 Å². The van der Waals surface area contributed by atoms with E-state index in [-0.39, 0.29) is 0 Å². The average Bonchev–Trinajstić information content (AvgIpc) is 3.05. The van der Waals surface area contributed by atoms with Gasteiger partial charge in [0.25, 0.3) is 0 Å². The molecule has 2 aliphatic heterocycles. The molecule has 3 rings (SSSR count). The van der Waals surface area contributed by atoms with Crippen molar-refractivity contribution in [2.75, 3.05) is 30.8 Å². The number of hydrogen-bond donors (Lipinski definition) is 0. The Kier molecular flexibility index (Phi) is 4.27. The zero-order chi connectivity index (χ0) is 14.2. The molecule has 0 N–H and O–H groups in total. The van der Waals surface area contributed by atoms with Gasteiger partial charge in [-0.3, -0.25) is 0 Å². The minimum Gasteiger partial charge on any atom is -0.103 e. The van der Waals surface area contributed by atoms with E-state index >= 15 is 0 Å². The zero-order valence-electron chi connectivity index (χ0n) is 13.4. The zero-order valence-corrected chi connectivity index (χ0v) is 15.2. The third kappa shape index (κ3) is 2.28. The summed E-state index contributed by atoms with van der Waals surface area (Å²) in [5, 5.41) is 1.80. The van der Waals surface area contributed by atoms with Gasteiger partial charge in [-0.2, -0.15) is 0 Å². The molecule has 0 aliphatic carbocycles. The molecule has 0 amide bonds. The first-order chi connectivity index (χ1) is 9.62. The van der Waals surface area contributed by atoms with Gasteiger partial charge in [0.1, 0.15) is 0 Å². The normalized spacial score (nSPS) is 41.1. The number of hydrogen-bond acceptors (Lipinski definition) is 0. The highest BCUT2D eigenvalue weighted by Gasteiger charge is 2.41. The van der Waals surface area contributed by atoms with Gasteiger partial charge in [0, 0.05) is 0 Å². The summed E-state index contributed by atoms with van der Waals surface area (Å²) in [5.41, 5.74) is 0. The maximum Gasteiger partial charge on any atom is -0.0243 e. The SMILES string of the molecule is CCP1(=P2(c3ccccc3)CCC(C)C2)CCC(C)C1. The van der Waals surface area contributed by atoms with Crippen molar-refractivity contribution in [1.82, 2.24) is 0 Å². The van der Waals surface area contributed by atoms with Crippen molar-refractivity contribution >= 4 is 18.4 Å². The molecule has 2 heterocycles. The van der Waals surface area contributed by atoms with Crippen LogP contribution in [-0.2, 0) is 0 Å². The van der Waals surface area contributed by atoms with Crippen LogP contribution in [0, 0.1) is 11.8 Å². The van der Waals surface area contributed by atoms with E-state index < -0.39 is 13.1 Å². The van der Waals surface area contributed by atoms with Gasteiger partial charge >= 0.3 is 0 Å². The minimum absolute atomic E-state index is 0.711. The van der Waals surface area contributed by atoms with Crippen LogP contribution in [0.15, 0.2) is 30.3 Å². The van der Waals surface area contributed by atoms with E-state index in [4.69, 9.17) is 0 Å². The summed E-state index contributed by atoms with van der Waals surface area (Å²) in [7, 11) is 0. The summed E-state index contributed by atoms with van der Waals surface area (Å²) in [6.07, 6.45) is 10.9. The fourth-order valence-corrected chi connectivity index (χ4v) is 24.1. The second-order valence-corrected chi connectivity index (χ2v) is 18.9. The third-order valence-electron chi connectivity index (χ3n) is 5.93. The molecule has 0 bridgehead atoms. The molecule has 0 nitrogen and oxygen atoms in total. The minimum atomic E-state index is -0.860. The third-order valence-corrected chi connectivity index (χ3v) is 23.2. The van der Waals surface area contributed by atoms with Crippen LogP contribution >= 0.6 is 13.1 Å². The van der Waals surface area contributed by atoms with E-state index in [0.29, 0.717) is 0 Å². The fourth-order valence-electron chi connectivity index (χ4n) is 4.83. The lowest BCUT2D eigenvalue weighted by molar-refractivity contribution is 0.668. The Morgan fingerprint density at radius 2 is 1.60 bits per heavy atom. The standard InChI is InChI=1S/C18H30P2/c1-4-19(12-10-16(2)14-19)20(13-11-17(3)15-20)18-8-6-5-7-9-18/h5-9,16-17H,4,10-15H2,1-3H3. The van der Waals surface area contributed by atoms with E-state index in [2.05, 4.69) is 51.1 Å². The molecule has 1 aromatic rings. The second-order valence-electron chi connectivity index (χ2n) is 7.27. The Labute approximate surface area is 125 Å². The average molecular weight is 308 g/mol. The maximum atomic E-state index is 2.53. The molecule has 2 heteroatoms. The van der Waals surface area contributed by atoms with Crippen LogP contribution in [0.5, 0.6) is 0 Å². The lowest BCUT2D eigenvalue weighted by Crippen LogP contribution is -2.11. The predicted octanol–water partition coefficient (Wildman–Crippen LogP) is 5.36. The summed E-state index contributed by atoms with van der Waals surface area (Å²) < 4.78 is 0. The van der Waals surface area contributed by atoms with Gasteiger partial charge in [-0.1, -0.05) is 57.7 Å². The highest BCUT2D eigenvalue weighted by Crippen LogP contribution is 2.80. The summed E-state index contributed by atoms with van der Waals surface area (Å²) in [6, 6.07) is 11.8. The molecule has 2 aliphatic rings. The quantitative estimate of drug-likeness (QED) is 0.645. The van der Waals surface area contributed by atoms with Crippen LogP contribution in [0.2, 0.25) is 0 Å². The van der Waals surface area contributed by atoms with Crippen LogP contribution in [0.1, 0.15) is 33.6 Å². The fraction of sp³-hybridized carbons (Fsp3) is 0.667. The molecule has 2 fully saturated rings. The number of rotatable bonds is 2. The van der Waals surface area contributed by atoms with Gasteiger partial charge in [-0.15, -0.1) is 6.55 Å². The molecule has 2 saturated heterocycles. The van der Waals surface area contributed by atoms with E-state index in [0.717, 1.165) is 11.8 Å². The van der Waals surface area contributed by atoms with Gasteiger partial charge in [-0.25, -0.2) is 0 Å². The van der Waals surface area contributed by atoms with E-state index in [1.54, 1.807) is 30.0 Å². The van der Waals surface area contributed by atoms with Gasteiger partial charge in [0.2, 0.25) is 0 Å². The van der Waals surface area contributed by atoms with Crippen molar-refractivity contribution in [2.45, 2.75) is 33.6 Å². The predicted molar refractivity (Wildman–Crippen MR) is 97.5 cm³/mol. The molecule has 0 aromatic heterocycles. The van der Waals surface area contributed by atoms with Crippen molar-refractivity contribution in [3.63, 3.8) is 0 Å². The molecule has 0 saturated carbocycles. The Hall–Kier alpha value is 0.0800. The van der Waals surface area contributed by atoms with Gasteiger partial charge < -0.3 is 0 Å². The van der Waals surface area contributed by atoms with Crippen molar-refractivity contribution < 1.29 is 0 Å². The van der Waals surface area contributed by atoms with E-state index in [1.165, 1.54) is 19.0 Å². The van der Waals surface area contributed by atoms with Crippen molar-refractivity contribution in [1.29, 1.82) is 0 Å². The van der Waals surface area contributed by atoms with E-state index in [9.17, 15) is 0 Å². The lowest BCUT2D eigenvalue weighted by Gasteiger charge is -2.36.